The summed E-state index contributed by atoms with van der Waals surface area (Å²) < 4.78 is 54.8. The smallest absolute Gasteiger partial charge is 0.416 e. The van der Waals surface area contributed by atoms with Crippen LogP contribution < -0.4 is 4.74 Å². The van der Waals surface area contributed by atoms with Crippen LogP contribution in [0.15, 0.2) is 52.9 Å². The first-order valence-electron chi connectivity index (χ1n) is 10.9. The fourth-order valence-corrected chi connectivity index (χ4v) is 4.03. The molecule has 0 aliphatic carbocycles. The molecule has 34 heavy (non-hydrogen) atoms. The normalized spacial score (nSPS) is 16.6. The fraction of sp³-hybridized carbons (Fsp3) is 0.360. The number of hydrogen-bond donors (Lipinski definition) is 0. The second-order valence-corrected chi connectivity index (χ2v) is 8.18. The minimum atomic E-state index is -4.40. The molecule has 1 fully saturated rings. The van der Waals surface area contributed by atoms with Gasteiger partial charge in [0.25, 0.3) is 0 Å². The number of rotatable bonds is 7. The summed E-state index contributed by atoms with van der Waals surface area (Å²) in [5.74, 6) is 1.20. The number of oxazole rings is 1. The van der Waals surface area contributed by atoms with Crippen LogP contribution in [0.3, 0.4) is 0 Å². The van der Waals surface area contributed by atoms with Crippen molar-refractivity contribution in [1.82, 2.24) is 9.88 Å². The maximum Gasteiger partial charge on any atom is 0.416 e. The monoisotopic (exact) mass is 474 g/mol. The maximum absolute atomic E-state index is 12.8. The molecule has 9 heteroatoms. The summed E-state index contributed by atoms with van der Waals surface area (Å²) in [5, 5.41) is 0. The number of alkyl halides is 3. The number of likely N-dealkylation sites (tertiary alicyclic amines) is 1. The third-order valence-corrected chi connectivity index (χ3v) is 5.85. The molecule has 1 aromatic heterocycles. The zero-order valence-corrected chi connectivity index (χ0v) is 18.9. The van der Waals surface area contributed by atoms with E-state index in [-0.39, 0.29) is 24.5 Å². The van der Waals surface area contributed by atoms with E-state index in [4.69, 9.17) is 13.9 Å². The van der Waals surface area contributed by atoms with Crippen LogP contribution in [0.1, 0.15) is 35.4 Å². The van der Waals surface area contributed by atoms with Gasteiger partial charge in [0.1, 0.15) is 29.9 Å². The number of nitrogens with zero attached hydrogens (tertiary/aromatic N) is 2. The Balaban J connectivity index is 1.40. The molecule has 0 spiro atoms. The van der Waals surface area contributed by atoms with Crippen LogP contribution in [0.5, 0.6) is 5.75 Å². The lowest BCUT2D eigenvalue weighted by Crippen LogP contribution is -2.36. The molecule has 0 saturated carbocycles. The highest BCUT2D eigenvalue weighted by Gasteiger charge is 2.31. The van der Waals surface area contributed by atoms with Crippen molar-refractivity contribution in [3.63, 3.8) is 0 Å². The average Bonchev–Trinajstić information content (AvgIpc) is 3.43. The average molecular weight is 474 g/mol. The van der Waals surface area contributed by atoms with Crippen LogP contribution in [0.2, 0.25) is 0 Å². The van der Waals surface area contributed by atoms with Gasteiger partial charge in [0.05, 0.1) is 12.7 Å². The predicted octanol–water partition coefficient (Wildman–Crippen LogP) is 5.39. The van der Waals surface area contributed by atoms with E-state index in [1.807, 2.05) is 24.3 Å². The van der Waals surface area contributed by atoms with E-state index in [1.54, 1.807) is 6.92 Å². The Bertz CT molecular complexity index is 1140. The molecule has 1 unspecified atom stereocenters. The second kappa shape index (κ2) is 9.89. The number of esters is 1. The molecular formula is C25H25F3N2O4. The van der Waals surface area contributed by atoms with E-state index in [0.29, 0.717) is 29.3 Å². The molecule has 180 valence electrons. The van der Waals surface area contributed by atoms with Gasteiger partial charge in [-0.2, -0.15) is 13.2 Å². The molecule has 3 aromatic rings. The first kappa shape index (κ1) is 23.8. The number of carbonyl (C=O) groups is 1. The Morgan fingerprint density at radius 1 is 1.21 bits per heavy atom. The van der Waals surface area contributed by atoms with E-state index in [1.165, 1.54) is 19.2 Å². The standard InChI is InChI=1S/C25H25F3N2O4/c1-16-21(29-23(34-16)18-8-10-19(11-9-18)25(26,27)28)15-33-20-6-3-5-17(13-20)14-30-12-4-7-22(30)24(31)32-2/h3,5-6,8-11,13,22H,4,7,12,14-15H2,1-2H3. The van der Waals surface area contributed by atoms with Crippen LogP contribution in [-0.2, 0) is 28.9 Å². The molecule has 1 aliphatic rings. The molecule has 4 rings (SSSR count). The van der Waals surface area contributed by atoms with Gasteiger partial charge in [0, 0.05) is 12.1 Å². The molecule has 2 heterocycles. The summed E-state index contributed by atoms with van der Waals surface area (Å²) in [6.07, 6.45) is -2.66. The quantitative estimate of drug-likeness (QED) is 0.428. The van der Waals surface area contributed by atoms with Crippen LogP contribution in [0.25, 0.3) is 11.5 Å². The zero-order valence-electron chi connectivity index (χ0n) is 18.9. The van der Waals surface area contributed by atoms with Gasteiger partial charge in [-0.25, -0.2) is 4.98 Å². The van der Waals surface area contributed by atoms with Crippen molar-refractivity contribution in [3.8, 4) is 17.2 Å². The second-order valence-electron chi connectivity index (χ2n) is 8.18. The predicted molar refractivity (Wildman–Crippen MR) is 118 cm³/mol. The number of benzene rings is 2. The van der Waals surface area contributed by atoms with Gasteiger partial charge in [-0.15, -0.1) is 0 Å². The molecule has 6 nitrogen and oxygen atoms in total. The summed E-state index contributed by atoms with van der Waals surface area (Å²) in [6.45, 7) is 3.32. The van der Waals surface area contributed by atoms with Gasteiger partial charge < -0.3 is 13.9 Å². The Kier molecular flexibility index (Phi) is 6.92. The molecule has 1 saturated heterocycles. The van der Waals surface area contributed by atoms with Crippen molar-refractivity contribution >= 4 is 5.97 Å². The zero-order chi connectivity index (χ0) is 24.3. The lowest BCUT2D eigenvalue weighted by molar-refractivity contribution is -0.146. The summed E-state index contributed by atoms with van der Waals surface area (Å²) in [7, 11) is 1.40. The van der Waals surface area contributed by atoms with Gasteiger partial charge in [0.15, 0.2) is 0 Å². The lowest BCUT2D eigenvalue weighted by Gasteiger charge is -2.22. The number of halogens is 3. The highest BCUT2D eigenvalue weighted by atomic mass is 19.4. The molecule has 1 aliphatic heterocycles. The summed E-state index contributed by atoms with van der Waals surface area (Å²) in [4.78, 5) is 18.5. The highest BCUT2D eigenvalue weighted by Crippen LogP contribution is 2.31. The topological polar surface area (TPSA) is 64.8 Å². The molecule has 0 radical (unpaired) electrons. The van der Waals surface area contributed by atoms with Crippen molar-refractivity contribution < 1.29 is 31.9 Å². The van der Waals surface area contributed by atoms with E-state index in [2.05, 4.69) is 9.88 Å². The van der Waals surface area contributed by atoms with Crippen LogP contribution in [0.4, 0.5) is 13.2 Å². The molecular weight excluding hydrogens is 449 g/mol. The van der Waals surface area contributed by atoms with Gasteiger partial charge in [-0.1, -0.05) is 12.1 Å². The Morgan fingerprint density at radius 2 is 1.97 bits per heavy atom. The summed E-state index contributed by atoms with van der Waals surface area (Å²) in [5.41, 5.74) is 1.30. The molecule has 1 atom stereocenters. The number of carbonyl (C=O) groups excluding carboxylic acids is 1. The van der Waals surface area contributed by atoms with Gasteiger partial charge in [-0.05, 0) is 68.3 Å². The van der Waals surface area contributed by atoms with Gasteiger partial charge in [-0.3, -0.25) is 9.69 Å². The molecule has 0 N–H and O–H groups in total. The number of aryl methyl sites for hydroxylation is 1. The van der Waals surface area contributed by atoms with Gasteiger partial charge in [0.2, 0.25) is 5.89 Å². The van der Waals surface area contributed by atoms with Crippen molar-refractivity contribution in [2.24, 2.45) is 0 Å². The highest BCUT2D eigenvalue weighted by molar-refractivity contribution is 5.76. The van der Waals surface area contributed by atoms with E-state index in [9.17, 15) is 18.0 Å². The minimum Gasteiger partial charge on any atom is -0.487 e. The van der Waals surface area contributed by atoms with E-state index in [0.717, 1.165) is 37.1 Å². The first-order chi connectivity index (χ1) is 16.2. The molecule has 0 bridgehead atoms. The first-order valence-corrected chi connectivity index (χ1v) is 10.9. The minimum absolute atomic E-state index is 0.147. The lowest BCUT2D eigenvalue weighted by atomic mass is 10.1. The molecule has 0 amide bonds. The van der Waals surface area contributed by atoms with E-state index < -0.39 is 11.7 Å². The number of hydrogen-bond acceptors (Lipinski definition) is 6. The summed E-state index contributed by atoms with van der Waals surface area (Å²) >= 11 is 0. The number of aromatic nitrogens is 1. The fourth-order valence-electron chi connectivity index (χ4n) is 4.03. The maximum atomic E-state index is 12.8. The Hall–Kier alpha value is -3.33. The third kappa shape index (κ3) is 5.41. The van der Waals surface area contributed by atoms with Crippen molar-refractivity contribution in [3.05, 3.63) is 71.1 Å². The van der Waals surface area contributed by atoms with Crippen LogP contribution in [-0.4, -0.2) is 35.5 Å². The van der Waals surface area contributed by atoms with Gasteiger partial charge >= 0.3 is 12.1 Å². The number of ether oxygens (including phenoxy) is 2. The largest absolute Gasteiger partial charge is 0.487 e. The molecule has 2 aromatic carbocycles. The van der Waals surface area contributed by atoms with Crippen molar-refractivity contribution in [2.75, 3.05) is 13.7 Å². The Morgan fingerprint density at radius 3 is 2.68 bits per heavy atom. The number of methoxy groups -OCH3 is 1. The van der Waals surface area contributed by atoms with Crippen molar-refractivity contribution in [2.45, 2.75) is 45.1 Å². The van der Waals surface area contributed by atoms with E-state index >= 15 is 0 Å². The summed E-state index contributed by atoms with van der Waals surface area (Å²) in [6, 6.07) is 12.1. The van der Waals surface area contributed by atoms with Crippen molar-refractivity contribution in [1.29, 1.82) is 0 Å². The Labute approximate surface area is 195 Å². The third-order valence-electron chi connectivity index (χ3n) is 5.85. The van der Waals surface area contributed by atoms with Crippen LogP contribution >= 0.6 is 0 Å². The van der Waals surface area contributed by atoms with Crippen LogP contribution in [0, 0.1) is 6.92 Å². The SMILES string of the molecule is COC(=O)C1CCCN1Cc1cccc(OCc2nc(-c3ccc(C(F)(F)F)cc3)oc2C)c1.